The zero-order chi connectivity index (χ0) is 11.1. The summed E-state index contributed by atoms with van der Waals surface area (Å²) in [5.41, 5.74) is 7.32. The van der Waals surface area contributed by atoms with Gasteiger partial charge < -0.3 is 10.5 Å². The lowest BCUT2D eigenvalue weighted by molar-refractivity contribution is 0.415. The summed E-state index contributed by atoms with van der Waals surface area (Å²) in [6.07, 6.45) is 2.63. The standard InChI is InChI=1S/C13H15NOS/c1-15-9-4-5-11-10(6-9)13(8-2-3-8)12(7-14)16-11/h4-6,8H,2-3,7,14H2,1H3. The highest BCUT2D eigenvalue weighted by Crippen LogP contribution is 2.48. The van der Waals surface area contributed by atoms with Crippen LogP contribution in [0, 0.1) is 0 Å². The minimum absolute atomic E-state index is 0.660. The van der Waals surface area contributed by atoms with Gasteiger partial charge in [0.2, 0.25) is 0 Å². The molecule has 0 aliphatic heterocycles. The Morgan fingerprint density at radius 3 is 2.88 bits per heavy atom. The van der Waals surface area contributed by atoms with Crippen LogP contribution in [0.5, 0.6) is 5.75 Å². The molecule has 0 radical (unpaired) electrons. The van der Waals surface area contributed by atoms with Gasteiger partial charge in [-0.1, -0.05) is 0 Å². The van der Waals surface area contributed by atoms with E-state index in [1.54, 1.807) is 7.11 Å². The van der Waals surface area contributed by atoms with Crippen LogP contribution in [-0.4, -0.2) is 7.11 Å². The molecule has 1 aromatic heterocycles. The van der Waals surface area contributed by atoms with E-state index in [1.165, 1.54) is 33.4 Å². The van der Waals surface area contributed by atoms with Gasteiger partial charge in [0.15, 0.2) is 0 Å². The lowest BCUT2D eigenvalue weighted by Crippen LogP contribution is -1.96. The van der Waals surface area contributed by atoms with E-state index in [0.717, 1.165) is 11.7 Å². The molecule has 0 bridgehead atoms. The van der Waals surface area contributed by atoms with Gasteiger partial charge in [-0.25, -0.2) is 0 Å². The molecule has 84 valence electrons. The first-order chi connectivity index (χ1) is 7.83. The summed E-state index contributed by atoms with van der Waals surface area (Å²) in [5.74, 6) is 1.69. The molecule has 2 nitrogen and oxygen atoms in total. The molecule has 0 saturated heterocycles. The SMILES string of the molecule is COc1ccc2sc(CN)c(C3CC3)c2c1. The maximum Gasteiger partial charge on any atom is 0.119 e. The quantitative estimate of drug-likeness (QED) is 0.883. The summed E-state index contributed by atoms with van der Waals surface area (Å²) in [5, 5.41) is 1.35. The number of rotatable bonds is 3. The second kappa shape index (κ2) is 3.75. The molecule has 0 atom stereocenters. The molecule has 1 aliphatic rings. The van der Waals surface area contributed by atoms with Crippen LogP contribution in [0.2, 0.25) is 0 Å². The summed E-state index contributed by atoms with van der Waals surface area (Å²) >= 11 is 1.83. The number of hydrogen-bond acceptors (Lipinski definition) is 3. The molecule has 0 unspecified atom stereocenters. The Labute approximate surface area is 99.0 Å². The minimum atomic E-state index is 0.660. The summed E-state index contributed by atoms with van der Waals surface area (Å²) in [4.78, 5) is 1.35. The zero-order valence-electron chi connectivity index (χ0n) is 9.32. The topological polar surface area (TPSA) is 35.2 Å². The highest BCUT2D eigenvalue weighted by atomic mass is 32.1. The first-order valence-corrected chi connectivity index (χ1v) is 6.44. The van der Waals surface area contributed by atoms with Gasteiger partial charge in [0.05, 0.1) is 7.11 Å². The number of hydrogen-bond donors (Lipinski definition) is 1. The third-order valence-corrected chi connectivity index (χ3v) is 4.39. The van der Waals surface area contributed by atoms with Gasteiger partial charge >= 0.3 is 0 Å². The monoisotopic (exact) mass is 233 g/mol. The van der Waals surface area contributed by atoms with Crippen molar-refractivity contribution in [3.63, 3.8) is 0 Å². The van der Waals surface area contributed by atoms with E-state index in [-0.39, 0.29) is 0 Å². The predicted octanol–water partition coefficient (Wildman–Crippen LogP) is 3.25. The van der Waals surface area contributed by atoms with Crippen LogP contribution in [0.1, 0.15) is 29.2 Å². The van der Waals surface area contributed by atoms with Crippen molar-refractivity contribution in [1.82, 2.24) is 0 Å². The van der Waals surface area contributed by atoms with Crippen molar-refractivity contribution < 1.29 is 4.74 Å². The average molecular weight is 233 g/mol. The van der Waals surface area contributed by atoms with Crippen LogP contribution < -0.4 is 10.5 Å². The fourth-order valence-electron chi connectivity index (χ4n) is 2.24. The normalized spacial score (nSPS) is 15.6. The second-order valence-corrected chi connectivity index (χ2v) is 5.42. The van der Waals surface area contributed by atoms with E-state index >= 15 is 0 Å². The number of fused-ring (bicyclic) bond motifs is 1. The van der Waals surface area contributed by atoms with Crippen LogP contribution in [0.15, 0.2) is 18.2 Å². The van der Waals surface area contributed by atoms with Gasteiger partial charge in [-0.3, -0.25) is 0 Å². The predicted molar refractivity (Wildman–Crippen MR) is 68.2 cm³/mol. The van der Waals surface area contributed by atoms with E-state index < -0.39 is 0 Å². The molecule has 1 fully saturated rings. The number of ether oxygens (including phenoxy) is 1. The van der Waals surface area contributed by atoms with Gasteiger partial charge in [-0.05, 0) is 47.9 Å². The molecule has 3 heteroatoms. The summed E-state index contributed by atoms with van der Waals surface area (Å²) in [6, 6.07) is 6.32. The molecule has 2 N–H and O–H groups in total. The van der Waals surface area contributed by atoms with Crippen molar-refractivity contribution in [1.29, 1.82) is 0 Å². The van der Waals surface area contributed by atoms with Crippen molar-refractivity contribution in [2.75, 3.05) is 7.11 Å². The summed E-state index contributed by atoms with van der Waals surface area (Å²) < 4.78 is 6.63. The van der Waals surface area contributed by atoms with Gasteiger partial charge in [-0.15, -0.1) is 11.3 Å². The van der Waals surface area contributed by atoms with Crippen molar-refractivity contribution in [3.8, 4) is 5.75 Å². The number of benzene rings is 1. The summed E-state index contributed by atoms with van der Waals surface area (Å²) in [7, 11) is 1.72. The van der Waals surface area contributed by atoms with Crippen LogP contribution in [0.4, 0.5) is 0 Å². The molecule has 0 amide bonds. The third kappa shape index (κ3) is 1.51. The Balaban J connectivity index is 2.24. The first-order valence-electron chi connectivity index (χ1n) is 5.63. The smallest absolute Gasteiger partial charge is 0.119 e. The van der Waals surface area contributed by atoms with Crippen LogP contribution in [0.3, 0.4) is 0 Å². The average Bonchev–Trinajstić information content (AvgIpc) is 3.09. The zero-order valence-corrected chi connectivity index (χ0v) is 10.1. The Kier molecular flexibility index (Phi) is 2.37. The fourth-order valence-corrected chi connectivity index (χ4v) is 3.39. The maximum atomic E-state index is 5.83. The highest BCUT2D eigenvalue weighted by molar-refractivity contribution is 7.19. The molecule has 1 saturated carbocycles. The van der Waals surface area contributed by atoms with Crippen molar-refractivity contribution >= 4 is 21.4 Å². The Bertz CT molecular complexity index is 528. The van der Waals surface area contributed by atoms with E-state index in [9.17, 15) is 0 Å². The molecule has 1 heterocycles. The van der Waals surface area contributed by atoms with Gasteiger partial charge in [0.25, 0.3) is 0 Å². The second-order valence-electron chi connectivity index (χ2n) is 4.28. The molecule has 2 aromatic rings. The third-order valence-electron chi connectivity index (χ3n) is 3.18. The molecule has 16 heavy (non-hydrogen) atoms. The number of nitrogens with two attached hydrogens (primary N) is 1. The minimum Gasteiger partial charge on any atom is -0.497 e. The lowest BCUT2D eigenvalue weighted by Gasteiger charge is -2.02. The van der Waals surface area contributed by atoms with Gasteiger partial charge in [0, 0.05) is 16.1 Å². The van der Waals surface area contributed by atoms with Crippen molar-refractivity contribution in [3.05, 3.63) is 28.6 Å². The summed E-state index contributed by atoms with van der Waals surface area (Å²) in [6.45, 7) is 0.660. The highest BCUT2D eigenvalue weighted by Gasteiger charge is 2.29. The van der Waals surface area contributed by atoms with E-state index in [0.29, 0.717) is 6.54 Å². The largest absolute Gasteiger partial charge is 0.497 e. The molecule has 3 rings (SSSR count). The Hall–Kier alpha value is -1.06. The molecule has 1 aliphatic carbocycles. The Morgan fingerprint density at radius 2 is 2.25 bits per heavy atom. The molecule has 1 aromatic carbocycles. The fraction of sp³-hybridized carbons (Fsp3) is 0.385. The Morgan fingerprint density at radius 1 is 1.44 bits per heavy atom. The maximum absolute atomic E-state index is 5.83. The lowest BCUT2D eigenvalue weighted by atomic mass is 10.1. The van der Waals surface area contributed by atoms with Crippen molar-refractivity contribution in [2.24, 2.45) is 5.73 Å². The van der Waals surface area contributed by atoms with Crippen LogP contribution in [0.25, 0.3) is 10.1 Å². The molecular formula is C13H15NOS. The number of thiophene rings is 1. The first kappa shape index (κ1) is 10.1. The van der Waals surface area contributed by atoms with Crippen LogP contribution in [-0.2, 0) is 6.54 Å². The van der Waals surface area contributed by atoms with E-state index in [2.05, 4.69) is 12.1 Å². The van der Waals surface area contributed by atoms with E-state index in [4.69, 9.17) is 10.5 Å². The van der Waals surface area contributed by atoms with Gasteiger partial charge in [0.1, 0.15) is 5.75 Å². The van der Waals surface area contributed by atoms with Crippen LogP contribution >= 0.6 is 11.3 Å². The van der Waals surface area contributed by atoms with Crippen molar-refractivity contribution in [2.45, 2.75) is 25.3 Å². The number of methoxy groups -OCH3 is 1. The van der Waals surface area contributed by atoms with E-state index in [1.807, 2.05) is 17.4 Å². The molecular weight excluding hydrogens is 218 g/mol. The molecule has 0 spiro atoms. The van der Waals surface area contributed by atoms with Gasteiger partial charge in [-0.2, -0.15) is 0 Å².